The van der Waals surface area contributed by atoms with Crippen LogP contribution in [0.15, 0.2) is 36.8 Å². The van der Waals surface area contributed by atoms with E-state index in [1.54, 1.807) is 11.1 Å². The number of hydrogen-bond acceptors (Lipinski definition) is 4. The van der Waals surface area contributed by atoms with Gasteiger partial charge >= 0.3 is 0 Å². The maximum absolute atomic E-state index is 13.3. The Morgan fingerprint density at radius 2 is 2.04 bits per heavy atom. The number of nitrogens with zero attached hydrogens (tertiary/aromatic N) is 4. The van der Waals surface area contributed by atoms with Gasteiger partial charge in [0.25, 0.3) is 5.91 Å². The molecule has 0 N–H and O–H groups in total. The molecule has 0 saturated carbocycles. The minimum Gasteiger partial charge on any atom is -0.336 e. The number of hydrogen-bond donors (Lipinski definition) is 0. The van der Waals surface area contributed by atoms with Crippen molar-refractivity contribution in [2.75, 3.05) is 26.2 Å². The second kappa shape index (κ2) is 7.02. The topological polar surface area (TPSA) is 49.3 Å². The van der Waals surface area contributed by atoms with Crippen LogP contribution in [-0.2, 0) is 6.54 Å². The normalized spacial score (nSPS) is 15.7. The van der Waals surface area contributed by atoms with Crippen LogP contribution in [-0.4, -0.2) is 51.9 Å². The average Bonchev–Trinajstić information content (AvgIpc) is 2.58. The fourth-order valence-corrected chi connectivity index (χ4v) is 2.79. The molecule has 0 aliphatic carbocycles. The Labute approximate surface area is 138 Å². The van der Waals surface area contributed by atoms with E-state index in [1.165, 1.54) is 0 Å². The third-order valence-electron chi connectivity index (χ3n) is 3.82. The molecule has 1 aliphatic heterocycles. The fourth-order valence-electron chi connectivity index (χ4n) is 2.60. The van der Waals surface area contributed by atoms with E-state index in [2.05, 4.69) is 14.9 Å². The first-order valence-electron chi connectivity index (χ1n) is 7.35. The monoisotopic (exact) mass is 334 g/mol. The van der Waals surface area contributed by atoms with Crippen LogP contribution in [0.1, 0.15) is 15.9 Å². The van der Waals surface area contributed by atoms with Crippen LogP contribution in [0.25, 0.3) is 0 Å². The number of rotatable bonds is 3. The van der Waals surface area contributed by atoms with Crippen molar-refractivity contribution < 1.29 is 9.18 Å². The quantitative estimate of drug-likeness (QED) is 0.808. The molecule has 2 aromatic rings. The maximum Gasteiger partial charge on any atom is 0.257 e. The highest BCUT2D eigenvalue weighted by Gasteiger charge is 2.24. The smallest absolute Gasteiger partial charge is 0.257 e. The van der Waals surface area contributed by atoms with Gasteiger partial charge in [0.2, 0.25) is 0 Å². The summed E-state index contributed by atoms with van der Waals surface area (Å²) < 4.78 is 13.3. The predicted molar refractivity (Wildman–Crippen MR) is 84.6 cm³/mol. The van der Waals surface area contributed by atoms with Gasteiger partial charge < -0.3 is 4.90 Å². The molecule has 0 unspecified atom stereocenters. The van der Waals surface area contributed by atoms with Crippen molar-refractivity contribution in [1.82, 2.24) is 19.8 Å². The number of pyridine rings is 2. The summed E-state index contributed by atoms with van der Waals surface area (Å²) in [5, 5.41) is 0.0363. The van der Waals surface area contributed by atoms with E-state index in [0.29, 0.717) is 13.1 Å². The molecule has 120 valence electrons. The molecular formula is C16H16ClFN4O. The average molecular weight is 335 g/mol. The number of amides is 1. The van der Waals surface area contributed by atoms with Crippen LogP contribution >= 0.6 is 11.6 Å². The Kier molecular flexibility index (Phi) is 4.83. The number of carbonyl (C=O) groups is 1. The Morgan fingerprint density at radius 3 is 2.74 bits per heavy atom. The second-order valence-electron chi connectivity index (χ2n) is 5.42. The van der Waals surface area contributed by atoms with Gasteiger partial charge in [-0.2, -0.15) is 0 Å². The van der Waals surface area contributed by atoms with E-state index < -0.39 is 5.82 Å². The van der Waals surface area contributed by atoms with E-state index in [4.69, 9.17) is 11.6 Å². The highest BCUT2D eigenvalue weighted by atomic mass is 35.5. The lowest BCUT2D eigenvalue weighted by molar-refractivity contribution is 0.0627. The third-order valence-corrected chi connectivity index (χ3v) is 4.13. The molecule has 3 heterocycles. The van der Waals surface area contributed by atoms with Crippen LogP contribution in [0.2, 0.25) is 5.15 Å². The molecule has 1 amide bonds. The molecule has 2 aromatic heterocycles. The van der Waals surface area contributed by atoms with Crippen LogP contribution < -0.4 is 0 Å². The first kappa shape index (κ1) is 15.8. The molecule has 1 aliphatic rings. The minimum absolute atomic E-state index is 0.0363. The second-order valence-corrected chi connectivity index (χ2v) is 5.78. The minimum atomic E-state index is -0.562. The molecule has 7 heteroatoms. The van der Waals surface area contributed by atoms with Crippen molar-refractivity contribution in [2.24, 2.45) is 0 Å². The molecule has 1 saturated heterocycles. The molecule has 0 spiro atoms. The SMILES string of the molecule is O=C(c1cc(F)cnc1Cl)N1CCN(Cc2cccnc2)CC1. The zero-order valence-corrected chi connectivity index (χ0v) is 13.2. The van der Waals surface area contributed by atoms with Crippen molar-refractivity contribution in [3.8, 4) is 0 Å². The predicted octanol–water partition coefficient (Wildman–Crippen LogP) is 2.23. The van der Waals surface area contributed by atoms with Gasteiger partial charge in [0.1, 0.15) is 11.0 Å². The summed E-state index contributed by atoms with van der Waals surface area (Å²) in [5.41, 5.74) is 1.26. The maximum atomic E-state index is 13.3. The molecule has 0 atom stereocenters. The van der Waals surface area contributed by atoms with E-state index in [-0.39, 0.29) is 16.6 Å². The van der Waals surface area contributed by atoms with Crippen molar-refractivity contribution in [1.29, 1.82) is 0 Å². The largest absolute Gasteiger partial charge is 0.336 e. The third kappa shape index (κ3) is 3.83. The van der Waals surface area contributed by atoms with Gasteiger partial charge in [-0.05, 0) is 17.7 Å². The summed E-state index contributed by atoms with van der Waals surface area (Å²) >= 11 is 5.90. The van der Waals surface area contributed by atoms with E-state index >= 15 is 0 Å². The molecule has 3 rings (SSSR count). The zero-order valence-electron chi connectivity index (χ0n) is 12.5. The lowest BCUT2D eigenvalue weighted by Crippen LogP contribution is -2.48. The van der Waals surface area contributed by atoms with Crippen molar-refractivity contribution in [3.63, 3.8) is 0 Å². The highest BCUT2D eigenvalue weighted by Crippen LogP contribution is 2.17. The lowest BCUT2D eigenvalue weighted by atomic mass is 10.2. The highest BCUT2D eigenvalue weighted by molar-refractivity contribution is 6.32. The molecule has 0 radical (unpaired) electrons. The first-order chi connectivity index (χ1) is 11.1. The summed E-state index contributed by atoms with van der Waals surface area (Å²) in [6.07, 6.45) is 4.59. The summed E-state index contributed by atoms with van der Waals surface area (Å²) in [6.45, 7) is 3.46. The van der Waals surface area contributed by atoms with Crippen LogP contribution in [0.3, 0.4) is 0 Å². The van der Waals surface area contributed by atoms with Crippen molar-refractivity contribution in [3.05, 3.63) is 58.9 Å². The van der Waals surface area contributed by atoms with Gasteiger partial charge in [-0.15, -0.1) is 0 Å². The van der Waals surface area contributed by atoms with Crippen LogP contribution in [0, 0.1) is 5.82 Å². The van der Waals surface area contributed by atoms with Gasteiger partial charge in [-0.25, -0.2) is 9.37 Å². The van der Waals surface area contributed by atoms with Crippen molar-refractivity contribution >= 4 is 17.5 Å². The number of piperazine rings is 1. The van der Waals surface area contributed by atoms with Crippen LogP contribution in [0.5, 0.6) is 0 Å². The van der Waals surface area contributed by atoms with Crippen LogP contribution in [0.4, 0.5) is 4.39 Å². The van der Waals surface area contributed by atoms with Gasteiger partial charge in [0.15, 0.2) is 0 Å². The number of halogens is 2. The van der Waals surface area contributed by atoms with Gasteiger partial charge in [0.05, 0.1) is 11.8 Å². The Bertz CT molecular complexity index is 690. The standard InChI is InChI=1S/C16H16ClFN4O/c17-15-14(8-13(18)10-20-15)16(23)22-6-4-21(5-7-22)11-12-2-1-3-19-9-12/h1-3,8-10H,4-7,11H2. The first-order valence-corrected chi connectivity index (χ1v) is 7.73. The van der Waals surface area contributed by atoms with Crippen molar-refractivity contribution in [2.45, 2.75) is 6.54 Å². The molecule has 23 heavy (non-hydrogen) atoms. The number of aromatic nitrogens is 2. The molecular weight excluding hydrogens is 319 g/mol. The van der Waals surface area contributed by atoms with E-state index in [9.17, 15) is 9.18 Å². The van der Waals surface area contributed by atoms with E-state index in [0.717, 1.165) is 37.5 Å². The fraction of sp³-hybridized carbons (Fsp3) is 0.312. The Balaban J connectivity index is 1.60. The summed E-state index contributed by atoms with van der Waals surface area (Å²) in [5.74, 6) is -0.837. The van der Waals surface area contributed by atoms with E-state index in [1.807, 2.05) is 18.3 Å². The number of carbonyl (C=O) groups excluding carboxylic acids is 1. The molecule has 0 aromatic carbocycles. The zero-order chi connectivity index (χ0) is 16.2. The summed E-state index contributed by atoms with van der Waals surface area (Å²) in [6, 6.07) is 5.08. The Hall–Kier alpha value is -2.05. The molecule has 5 nitrogen and oxygen atoms in total. The van der Waals surface area contributed by atoms with Gasteiger partial charge in [-0.1, -0.05) is 17.7 Å². The molecule has 1 fully saturated rings. The molecule has 0 bridgehead atoms. The van der Waals surface area contributed by atoms with Gasteiger partial charge in [0, 0.05) is 45.1 Å². The lowest BCUT2D eigenvalue weighted by Gasteiger charge is -2.34. The summed E-state index contributed by atoms with van der Waals surface area (Å²) in [7, 11) is 0. The summed E-state index contributed by atoms with van der Waals surface area (Å²) in [4.78, 5) is 24.2. The Morgan fingerprint density at radius 1 is 1.26 bits per heavy atom. The van der Waals surface area contributed by atoms with Gasteiger partial charge in [-0.3, -0.25) is 14.7 Å².